The summed E-state index contributed by atoms with van der Waals surface area (Å²) >= 11 is 0. The summed E-state index contributed by atoms with van der Waals surface area (Å²) in [5, 5.41) is 6.26. The normalized spacial score (nSPS) is 11.2. The van der Waals surface area contributed by atoms with Crippen LogP contribution in [0.3, 0.4) is 0 Å². The van der Waals surface area contributed by atoms with E-state index in [1.807, 2.05) is 23.5 Å². The van der Waals surface area contributed by atoms with Gasteiger partial charge >= 0.3 is 6.61 Å². The van der Waals surface area contributed by atoms with Crippen LogP contribution in [0.25, 0.3) is 16.9 Å². The molecule has 2 heterocycles. The zero-order valence-corrected chi connectivity index (χ0v) is 20.6. The van der Waals surface area contributed by atoms with Gasteiger partial charge in [0.15, 0.2) is 11.5 Å². The maximum atomic E-state index is 12.6. The zero-order valence-electron chi connectivity index (χ0n) is 20.6. The van der Waals surface area contributed by atoms with Crippen molar-refractivity contribution in [1.29, 1.82) is 0 Å². The van der Waals surface area contributed by atoms with Crippen molar-refractivity contribution in [3.63, 3.8) is 0 Å². The molecule has 0 aliphatic heterocycles. The van der Waals surface area contributed by atoms with Crippen molar-refractivity contribution in [3.8, 4) is 17.0 Å². The topological polar surface area (TPSA) is 107 Å². The largest absolute Gasteiger partial charge is 0.435 e. The number of alkyl halides is 2. The Morgan fingerprint density at radius 1 is 1.08 bits per heavy atom. The number of imidazole rings is 1. The van der Waals surface area contributed by atoms with Crippen molar-refractivity contribution < 1.29 is 18.3 Å². The van der Waals surface area contributed by atoms with Gasteiger partial charge < -0.3 is 21.1 Å². The molecule has 0 spiro atoms. The van der Waals surface area contributed by atoms with Crippen LogP contribution in [0, 0.1) is 6.92 Å². The molecule has 0 fully saturated rings. The van der Waals surface area contributed by atoms with Gasteiger partial charge in [-0.1, -0.05) is 12.8 Å². The van der Waals surface area contributed by atoms with Crippen molar-refractivity contribution in [3.05, 3.63) is 72.2 Å². The van der Waals surface area contributed by atoms with Gasteiger partial charge in [0, 0.05) is 35.8 Å². The molecule has 0 aliphatic carbocycles. The standard InChI is InChI=1S/C27H30F2N6O2/c1-18-16-20(8-11-22(18)26(36)32-13-5-3-2-4-12-30)34-24-25-33-17-23(35(25)15-14-31-24)19-6-9-21(10-7-19)37-27(28)29/h6-11,14-17,27H,2-5,12-13,30H2,1H3,(H,31,34)(H,32,36). The third-order valence-electron chi connectivity index (χ3n) is 5.95. The summed E-state index contributed by atoms with van der Waals surface area (Å²) in [6.45, 7) is 0.362. The van der Waals surface area contributed by atoms with Crippen LogP contribution < -0.4 is 21.1 Å². The number of rotatable bonds is 12. The first kappa shape index (κ1) is 26.0. The van der Waals surface area contributed by atoms with Gasteiger partial charge in [-0.15, -0.1) is 0 Å². The number of aromatic nitrogens is 3. The maximum absolute atomic E-state index is 12.6. The number of nitrogens with two attached hydrogens (primary N) is 1. The van der Waals surface area contributed by atoms with Crippen LogP contribution in [0.4, 0.5) is 20.3 Å². The van der Waals surface area contributed by atoms with Gasteiger partial charge in [0.25, 0.3) is 5.91 Å². The first-order valence-corrected chi connectivity index (χ1v) is 12.2. The molecule has 0 atom stereocenters. The molecule has 0 aliphatic rings. The highest BCUT2D eigenvalue weighted by molar-refractivity contribution is 5.96. The SMILES string of the molecule is Cc1cc(Nc2nccn3c(-c4ccc(OC(F)F)cc4)cnc23)ccc1C(=O)NCCCCCCN. The van der Waals surface area contributed by atoms with E-state index in [2.05, 4.69) is 25.3 Å². The van der Waals surface area contributed by atoms with E-state index in [1.165, 1.54) is 12.1 Å². The number of unbranched alkanes of at least 4 members (excludes halogenated alkanes) is 3. The summed E-state index contributed by atoms with van der Waals surface area (Å²) in [5.41, 5.74) is 9.91. The molecule has 0 bridgehead atoms. The lowest BCUT2D eigenvalue weighted by atomic mass is 10.1. The lowest BCUT2D eigenvalue weighted by Crippen LogP contribution is -2.25. The number of carbonyl (C=O) groups excluding carboxylic acids is 1. The molecule has 4 aromatic rings. The average molecular weight is 509 g/mol. The van der Waals surface area contributed by atoms with Crippen LogP contribution in [0.1, 0.15) is 41.6 Å². The van der Waals surface area contributed by atoms with Crippen molar-refractivity contribution in [2.75, 3.05) is 18.4 Å². The second kappa shape index (κ2) is 12.3. The van der Waals surface area contributed by atoms with Crippen molar-refractivity contribution in [2.45, 2.75) is 39.2 Å². The minimum absolute atomic E-state index is 0.0894. The Morgan fingerprint density at radius 3 is 2.59 bits per heavy atom. The number of anilines is 2. The Morgan fingerprint density at radius 2 is 1.86 bits per heavy atom. The van der Waals surface area contributed by atoms with Gasteiger partial charge in [0.1, 0.15) is 5.75 Å². The molecule has 2 aromatic carbocycles. The van der Waals surface area contributed by atoms with Gasteiger partial charge in [-0.05, 0) is 74.3 Å². The van der Waals surface area contributed by atoms with Crippen molar-refractivity contribution in [2.24, 2.45) is 5.73 Å². The minimum atomic E-state index is -2.87. The fourth-order valence-corrected chi connectivity index (χ4v) is 4.08. The molecule has 0 saturated heterocycles. The molecule has 10 heteroatoms. The maximum Gasteiger partial charge on any atom is 0.387 e. The van der Waals surface area contributed by atoms with Gasteiger partial charge in [-0.2, -0.15) is 8.78 Å². The molecule has 8 nitrogen and oxygen atoms in total. The van der Waals surface area contributed by atoms with Crippen molar-refractivity contribution >= 4 is 23.1 Å². The summed E-state index contributed by atoms with van der Waals surface area (Å²) < 4.78 is 31.2. The Bertz CT molecular complexity index is 1340. The zero-order chi connectivity index (χ0) is 26.2. The van der Waals surface area contributed by atoms with Gasteiger partial charge in [0.05, 0.1) is 11.9 Å². The fourth-order valence-electron chi connectivity index (χ4n) is 4.08. The van der Waals surface area contributed by atoms with E-state index in [-0.39, 0.29) is 11.7 Å². The lowest BCUT2D eigenvalue weighted by Gasteiger charge is -2.12. The molecular formula is C27H30F2N6O2. The second-order valence-electron chi connectivity index (χ2n) is 8.63. The molecule has 0 unspecified atom stereocenters. The van der Waals surface area contributed by atoms with Gasteiger partial charge in [-0.25, -0.2) is 9.97 Å². The molecule has 4 rings (SSSR count). The van der Waals surface area contributed by atoms with E-state index in [4.69, 9.17) is 5.73 Å². The monoisotopic (exact) mass is 508 g/mol. The molecule has 2 aromatic heterocycles. The predicted molar refractivity (Wildman–Crippen MR) is 139 cm³/mol. The quantitative estimate of drug-likeness (QED) is 0.224. The summed E-state index contributed by atoms with van der Waals surface area (Å²) in [7, 11) is 0. The lowest BCUT2D eigenvalue weighted by molar-refractivity contribution is -0.0498. The number of fused-ring (bicyclic) bond motifs is 1. The van der Waals surface area contributed by atoms with Crippen LogP contribution in [0.2, 0.25) is 0 Å². The number of nitrogens with one attached hydrogen (secondary N) is 2. The molecule has 37 heavy (non-hydrogen) atoms. The Labute approximate surface area is 213 Å². The molecule has 194 valence electrons. The van der Waals surface area contributed by atoms with Gasteiger partial charge in [0.2, 0.25) is 0 Å². The Kier molecular flexibility index (Phi) is 8.63. The summed E-state index contributed by atoms with van der Waals surface area (Å²) in [5.74, 6) is 0.540. The minimum Gasteiger partial charge on any atom is -0.435 e. The number of benzene rings is 2. The Balaban J connectivity index is 1.45. The van der Waals surface area contributed by atoms with Crippen LogP contribution in [0.15, 0.2) is 61.1 Å². The smallest absolute Gasteiger partial charge is 0.387 e. The molecule has 0 radical (unpaired) electrons. The van der Waals surface area contributed by atoms with E-state index in [9.17, 15) is 13.6 Å². The molecular weight excluding hydrogens is 478 g/mol. The molecule has 0 saturated carbocycles. The number of hydrogen-bond acceptors (Lipinski definition) is 6. The first-order chi connectivity index (χ1) is 18.0. The number of amides is 1. The highest BCUT2D eigenvalue weighted by atomic mass is 19.3. The molecule has 1 amide bonds. The van der Waals surface area contributed by atoms with E-state index < -0.39 is 6.61 Å². The summed E-state index contributed by atoms with van der Waals surface area (Å²) in [6, 6.07) is 11.9. The van der Waals surface area contributed by atoms with Crippen LogP contribution in [-0.2, 0) is 0 Å². The number of aryl methyl sites for hydroxylation is 1. The average Bonchev–Trinajstić information content (AvgIpc) is 3.31. The third-order valence-corrected chi connectivity index (χ3v) is 5.95. The number of carbonyl (C=O) groups is 1. The highest BCUT2D eigenvalue weighted by Gasteiger charge is 2.13. The van der Waals surface area contributed by atoms with Gasteiger partial charge in [-0.3, -0.25) is 9.20 Å². The van der Waals surface area contributed by atoms with Crippen LogP contribution in [0.5, 0.6) is 5.75 Å². The number of ether oxygens (including phenoxy) is 1. The third kappa shape index (κ3) is 6.59. The number of nitrogens with zero attached hydrogens (tertiary/aromatic N) is 3. The number of halogens is 2. The predicted octanol–water partition coefficient (Wildman–Crippen LogP) is 5.30. The van der Waals surface area contributed by atoms with Crippen LogP contribution in [-0.4, -0.2) is 40.0 Å². The van der Waals surface area contributed by atoms with E-state index in [0.717, 1.165) is 48.2 Å². The Hall–Kier alpha value is -4.05. The van der Waals surface area contributed by atoms with E-state index in [0.29, 0.717) is 30.1 Å². The fraction of sp³-hybridized carbons (Fsp3) is 0.296. The summed E-state index contributed by atoms with van der Waals surface area (Å²) in [6.07, 6.45) is 9.19. The molecule has 4 N–H and O–H groups in total. The van der Waals surface area contributed by atoms with E-state index in [1.54, 1.807) is 36.8 Å². The number of hydrogen-bond donors (Lipinski definition) is 3. The van der Waals surface area contributed by atoms with Crippen molar-refractivity contribution in [1.82, 2.24) is 19.7 Å². The van der Waals surface area contributed by atoms with E-state index >= 15 is 0 Å². The summed E-state index contributed by atoms with van der Waals surface area (Å²) in [4.78, 5) is 21.5. The second-order valence-corrected chi connectivity index (χ2v) is 8.63. The first-order valence-electron chi connectivity index (χ1n) is 12.2. The highest BCUT2D eigenvalue weighted by Crippen LogP contribution is 2.27. The van der Waals surface area contributed by atoms with Crippen LogP contribution >= 0.6 is 0 Å².